The van der Waals surface area contributed by atoms with E-state index < -0.39 is 5.54 Å². The Morgan fingerprint density at radius 2 is 1.52 bits per heavy atom. The Kier molecular flexibility index (Phi) is 19.0. The van der Waals surface area contributed by atoms with Crippen LogP contribution in [-0.2, 0) is 24.5 Å². The molecule has 0 bridgehead atoms. The van der Waals surface area contributed by atoms with Gasteiger partial charge in [0.2, 0.25) is 0 Å². The molecule has 1 aliphatic rings. The minimum atomic E-state index is -0.698. The van der Waals surface area contributed by atoms with Crippen LogP contribution in [0.15, 0.2) is 24.3 Å². The lowest BCUT2D eigenvalue weighted by molar-refractivity contribution is -0.128. The quantitative estimate of drug-likeness (QED) is 0.428. The van der Waals surface area contributed by atoms with Gasteiger partial charge in [-0.15, -0.1) is 0 Å². The van der Waals surface area contributed by atoms with Gasteiger partial charge in [0, 0.05) is 24.5 Å². The monoisotopic (exact) mass is 458 g/mol. The Bertz CT molecular complexity index is 574. The number of ether oxygens (including phenoxy) is 3. The second kappa shape index (κ2) is 19.6. The van der Waals surface area contributed by atoms with Crippen LogP contribution in [0.25, 0.3) is 0 Å². The lowest BCUT2D eigenvalue weighted by Gasteiger charge is -2.38. The van der Waals surface area contributed by atoms with Crippen LogP contribution in [-0.4, -0.2) is 58.5 Å². The summed E-state index contributed by atoms with van der Waals surface area (Å²) in [5.41, 5.74) is 5.51. The first kappa shape index (κ1) is 30.0. The second-order valence-electron chi connectivity index (χ2n) is 6.57. The number of hydrogen-bond donors (Lipinski definition) is 2. The van der Waals surface area contributed by atoms with E-state index in [1.165, 1.54) is 0 Å². The maximum Gasteiger partial charge on any atom is 0.157 e. The SMILES string of the molecule is CC.CC.NCCOCCOCCOCCNC1(c2ccccc2Cl)CCCCC1=O. The number of benzene rings is 1. The fourth-order valence-electron chi connectivity index (χ4n) is 3.36. The van der Waals surface area contributed by atoms with Crippen molar-refractivity contribution in [3.63, 3.8) is 0 Å². The van der Waals surface area contributed by atoms with Crippen molar-refractivity contribution in [1.29, 1.82) is 0 Å². The minimum absolute atomic E-state index is 0.211. The summed E-state index contributed by atoms with van der Waals surface area (Å²) in [6.07, 6.45) is 3.29. The molecule has 1 unspecified atom stereocenters. The Morgan fingerprint density at radius 1 is 0.935 bits per heavy atom. The van der Waals surface area contributed by atoms with E-state index in [9.17, 15) is 4.79 Å². The highest BCUT2D eigenvalue weighted by Crippen LogP contribution is 2.37. The van der Waals surface area contributed by atoms with E-state index in [1.54, 1.807) is 0 Å². The van der Waals surface area contributed by atoms with Crippen molar-refractivity contribution in [2.24, 2.45) is 5.73 Å². The van der Waals surface area contributed by atoms with Crippen molar-refractivity contribution in [2.75, 3.05) is 52.7 Å². The lowest BCUT2D eigenvalue weighted by Crippen LogP contribution is -2.52. The zero-order valence-electron chi connectivity index (χ0n) is 19.9. The highest BCUT2D eigenvalue weighted by atomic mass is 35.5. The highest BCUT2D eigenvalue weighted by molar-refractivity contribution is 6.31. The molecular formula is C24H43ClN2O4. The Balaban J connectivity index is 0.00000212. The van der Waals surface area contributed by atoms with Crippen molar-refractivity contribution >= 4 is 17.4 Å². The van der Waals surface area contributed by atoms with Gasteiger partial charge in [0.05, 0.1) is 39.6 Å². The molecule has 1 atom stereocenters. The van der Waals surface area contributed by atoms with E-state index in [4.69, 9.17) is 31.5 Å². The first-order valence-electron chi connectivity index (χ1n) is 11.7. The zero-order valence-corrected chi connectivity index (χ0v) is 20.6. The van der Waals surface area contributed by atoms with Crippen molar-refractivity contribution in [1.82, 2.24) is 5.32 Å². The van der Waals surface area contributed by atoms with Crippen LogP contribution < -0.4 is 11.1 Å². The maximum absolute atomic E-state index is 12.8. The summed E-state index contributed by atoms with van der Waals surface area (Å²) in [5, 5.41) is 4.07. The summed E-state index contributed by atoms with van der Waals surface area (Å²) < 4.78 is 16.2. The molecule has 1 aromatic carbocycles. The average Bonchev–Trinajstić information content (AvgIpc) is 2.82. The molecule has 1 saturated carbocycles. The van der Waals surface area contributed by atoms with Gasteiger partial charge in [-0.25, -0.2) is 0 Å². The number of nitrogens with one attached hydrogen (secondary N) is 1. The molecule has 1 fully saturated rings. The minimum Gasteiger partial charge on any atom is -0.378 e. The van der Waals surface area contributed by atoms with Gasteiger partial charge in [-0.1, -0.05) is 63.9 Å². The van der Waals surface area contributed by atoms with Crippen LogP contribution in [0, 0.1) is 0 Å². The van der Waals surface area contributed by atoms with Gasteiger partial charge in [-0.3, -0.25) is 10.1 Å². The first-order chi connectivity index (χ1) is 15.2. The molecule has 0 spiro atoms. The van der Waals surface area contributed by atoms with E-state index in [2.05, 4.69) is 5.32 Å². The normalized spacial score (nSPS) is 17.9. The topological polar surface area (TPSA) is 82.8 Å². The van der Waals surface area contributed by atoms with Gasteiger partial charge in [-0.2, -0.15) is 0 Å². The summed E-state index contributed by atoms with van der Waals surface area (Å²) in [4.78, 5) is 12.8. The third kappa shape index (κ3) is 10.9. The molecule has 0 aromatic heterocycles. The number of carbonyl (C=O) groups excluding carboxylic acids is 1. The van der Waals surface area contributed by atoms with E-state index in [-0.39, 0.29) is 5.78 Å². The third-order valence-electron chi connectivity index (χ3n) is 4.69. The van der Waals surface area contributed by atoms with Crippen LogP contribution in [0.3, 0.4) is 0 Å². The molecule has 0 heterocycles. The van der Waals surface area contributed by atoms with E-state index >= 15 is 0 Å². The molecule has 1 aromatic rings. The molecule has 2 rings (SSSR count). The number of hydrogen-bond acceptors (Lipinski definition) is 6. The van der Waals surface area contributed by atoms with Gasteiger partial charge in [0.15, 0.2) is 5.78 Å². The Morgan fingerprint density at radius 3 is 2.10 bits per heavy atom. The van der Waals surface area contributed by atoms with Crippen molar-refractivity contribution in [2.45, 2.75) is 58.9 Å². The Hall–Kier alpha value is -1.02. The second-order valence-corrected chi connectivity index (χ2v) is 6.98. The predicted octanol–water partition coefficient (Wildman–Crippen LogP) is 4.33. The molecule has 180 valence electrons. The van der Waals surface area contributed by atoms with Gasteiger partial charge in [0.1, 0.15) is 5.54 Å². The molecule has 1 aliphatic carbocycles. The van der Waals surface area contributed by atoms with Gasteiger partial charge < -0.3 is 19.9 Å². The number of rotatable bonds is 13. The average molecular weight is 459 g/mol. The number of nitrogens with two attached hydrogens (primary N) is 1. The van der Waals surface area contributed by atoms with Crippen LogP contribution in [0.5, 0.6) is 0 Å². The fraction of sp³-hybridized carbons (Fsp3) is 0.708. The van der Waals surface area contributed by atoms with Crippen molar-refractivity contribution < 1.29 is 19.0 Å². The Labute approximate surface area is 194 Å². The smallest absolute Gasteiger partial charge is 0.157 e. The van der Waals surface area contributed by atoms with Crippen LogP contribution in [0.4, 0.5) is 0 Å². The van der Waals surface area contributed by atoms with Crippen molar-refractivity contribution in [3.8, 4) is 0 Å². The number of halogens is 1. The molecular weight excluding hydrogens is 416 g/mol. The standard InChI is InChI=1S/C20H31ClN2O4.2C2H6/c21-18-6-2-1-5-17(18)20(8-4-3-7-19(20)24)23-10-12-26-14-16-27-15-13-25-11-9-22;2*1-2/h1-2,5-6,23H,3-4,7-16,22H2;2*1-2H3. The molecule has 0 amide bonds. The molecule has 6 nitrogen and oxygen atoms in total. The third-order valence-corrected chi connectivity index (χ3v) is 5.02. The van der Waals surface area contributed by atoms with Crippen LogP contribution in [0.2, 0.25) is 5.02 Å². The molecule has 3 N–H and O–H groups in total. The largest absolute Gasteiger partial charge is 0.378 e. The molecule has 0 aliphatic heterocycles. The predicted molar refractivity (Wildman–Crippen MR) is 129 cm³/mol. The number of carbonyl (C=O) groups is 1. The molecule has 31 heavy (non-hydrogen) atoms. The molecule has 7 heteroatoms. The van der Waals surface area contributed by atoms with Gasteiger partial charge >= 0.3 is 0 Å². The number of ketones is 1. The maximum atomic E-state index is 12.8. The van der Waals surface area contributed by atoms with Crippen LogP contribution >= 0.6 is 11.6 Å². The summed E-state index contributed by atoms with van der Waals surface area (Å²) in [6.45, 7) is 12.3. The first-order valence-corrected chi connectivity index (χ1v) is 12.0. The molecule has 0 saturated heterocycles. The highest BCUT2D eigenvalue weighted by Gasteiger charge is 2.41. The molecule has 0 radical (unpaired) electrons. The van der Waals surface area contributed by atoms with Crippen molar-refractivity contribution in [3.05, 3.63) is 34.9 Å². The zero-order chi connectivity index (χ0) is 23.4. The summed E-state index contributed by atoms with van der Waals surface area (Å²) >= 11 is 6.40. The van der Waals surface area contributed by atoms with E-state index in [0.29, 0.717) is 64.2 Å². The van der Waals surface area contributed by atoms with Crippen LogP contribution in [0.1, 0.15) is 58.9 Å². The van der Waals surface area contributed by atoms with E-state index in [0.717, 1.165) is 24.8 Å². The lowest BCUT2D eigenvalue weighted by atomic mass is 9.75. The number of Topliss-reactive ketones (excluding diaryl/α,β-unsaturated/α-hetero) is 1. The van der Waals surface area contributed by atoms with E-state index in [1.807, 2.05) is 52.0 Å². The summed E-state index contributed by atoms with van der Waals surface area (Å²) in [5.74, 6) is 0.211. The fourth-order valence-corrected chi connectivity index (χ4v) is 3.66. The summed E-state index contributed by atoms with van der Waals surface area (Å²) in [6, 6.07) is 7.60. The summed E-state index contributed by atoms with van der Waals surface area (Å²) in [7, 11) is 0. The van der Waals surface area contributed by atoms with Gasteiger partial charge in [-0.05, 0) is 24.5 Å². The van der Waals surface area contributed by atoms with Gasteiger partial charge in [0.25, 0.3) is 0 Å².